The molecule has 2 aliphatic carbocycles. The van der Waals surface area contributed by atoms with Crippen LogP contribution in [0.15, 0.2) is 36.5 Å². The molecule has 27 heavy (non-hydrogen) atoms. The average Bonchev–Trinajstić information content (AvgIpc) is 3.30. The number of carbonyl (C=O) groups is 2. The molecule has 0 aromatic carbocycles. The molecule has 0 atom stereocenters. The van der Waals surface area contributed by atoms with Crippen molar-refractivity contribution in [2.24, 2.45) is 10.8 Å². The minimum absolute atomic E-state index is 0.530. The first kappa shape index (κ1) is 21.5. The van der Waals surface area contributed by atoms with Gasteiger partial charge in [-0.3, -0.25) is 9.59 Å². The molecule has 2 N–H and O–H groups in total. The quantitative estimate of drug-likeness (QED) is 0.311. The normalized spacial score (nSPS) is 19.9. The van der Waals surface area contributed by atoms with E-state index in [1.807, 2.05) is 24.3 Å². The smallest absolute Gasteiger partial charge is 0.310 e. The number of aliphatic carboxylic acids is 2. The van der Waals surface area contributed by atoms with E-state index in [0.717, 1.165) is 57.8 Å². The Hall–Kier alpha value is -1.84. The summed E-state index contributed by atoms with van der Waals surface area (Å²) in [5.41, 5.74) is -1.07. The van der Waals surface area contributed by atoms with Crippen LogP contribution in [-0.2, 0) is 9.59 Å². The van der Waals surface area contributed by atoms with E-state index in [1.54, 1.807) is 0 Å². The summed E-state index contributed by atoms with van der Waals surface area (Å²) in [4.78, 5) is 22.9. The molecule has 0 aromatic rings. The van der Waals surface area contributed by atoms with Crippen LogP contribution in [0.1, 0.15) is 83.5 Å². The van der Waals surface area contributed by atoms with Gasteiger partial charge in [-0.25, -0.2) is 0 Å². The summed E-state index contributed by atoms with van der Waals surface area (Å²) in [6.07, 6.45) is 23.9. The molecule has 0 amide bonds. The SMILES string of the molecule is O=C(O)C1(CCCCC=CCCCCCC2(C(=O)O)CC=CC2)CC=CC1. The highest BCUT2D eigenvalue weighted by Crippen LogP contribution is 2.39. The number of hydrogen-bond donors (Lipinski definition) is 2. The lowest BCUT2D eigenvalue weighted by atomic mass is 9.80. The second-order valence-electron chi connectivity index (χ2n) is 8.25. The van der Waals surface area contributed by atoms with E-state index in [0.29, 0.717) is 25.7 Å². The fraction of sp³-hybridized carbons (Fsp3) is 0.652. The van der Waals surface area contributed by atoms with E-state index >= 15 is 0 Å². The van der Waals surface area contributed by atoms with Gasteiger partial charge in [0, 0.05) is 0 Å². The Bertz CT molecular complexity index is 569. The zero-order valence-corrected chi connectivity index (χ0v) is 16.4. The molecule has 0 saturated carbocycles. The Morgan fingerprint density at radius 3 is 1.44 bits per heavy atom. The molecule has 0 aromatic heterocycles. The van der Waals surface area contributed by atoms with Crippen molar-refractivity contribution in [3.05, 3.63) is 36.5 Å². The first-order valence-corrected chi connectivity index (χ1v) is 10.4. The summed E-state index contributed by atoms with van der Waals surface area (Å²) in [6.45, 7) is 0. The molecule has 0 spiro atoms. The van der Waals surface area contributed by atoms with Gasteiger partial charge in [-0.1, -0.05) is 55.7 Å². The maximum Gasteiger partial charge on any atom is 0.310 e. The number of allylic oxidation sites excluding steroid dienone is 6. The van der Waals surface area contributed by atoms with Crippen molar-refractivity contribution in [3.63, 3.8) is 0 Å². The Labute approximate surface area is 163 Å². The lowest BCUT2D eigenvalue weighted by molar-refractivity contribution is -0.149. The molecule has 0 bridgehead atoms. The van der Waals surface area contributed by atoms with E-state index in [-0.39, 0.29) is 0 Å². The minimum atomic E-state index is -0.652. The van der Waals surface area contributed by atoms with Gasteiger partial charge in [0.1, 0.15) is 0 Å². The number of carboxylic acid groups (broad SMARTS) is 2. The molecule has 4 heteroatoms. The highest BCUT2D eigenvalue weighted by molar-refractivity contribution is 5.76. The van der Waals surface area contributed by atoms with Crippen molar-refractivity contribution >= 4 is 11.9 Å². The van der Waals surface area contributed by atoms with Gasteiger partial charge >= 0.3 is 11.9 Å². The molecular weight excluding hydrogens is 340 g/mol. The van der Waals surface area contributed by atoms with E-state index < -0.39 is 22.8 Å². The van der Waals surface area contributed by atoms with Crippen LogP contribution in [0.5, 0.6) is 0 Å². The summed E-state index contributed by atoms with van der Waals surface area (Å²) in [6, 6.07) is 0. The highest BCUT2D eigenvalue weighted by Gasteiger charge is 2.38. The third-order valence-corrected chi connectivity index (χ3v) is 6.24. The van der Waals surface area contributed by atoms with Crippen LogP contribution in [0.2, 0.25) is 0 Å². The van der Waals surface area contributed by atoms with E-state index in [4.69, 9.17) is 0 Å². The third kappa shape index (κ3) is 6.08. The van der Waals surface area contributed by atoms with Crippen molar-refractivity contribution in [1.82, 2.24) is 0 Å². The molecular formula is C23H34O4. The molecule has 0 aliphatic heterocycles. The maximum atomic E-state index is 11.5. The molecule has 0 saturated heterocycles. The van der Waals surface area contributed by atoms with Crippen LogP contribution >= 0.6 is 0 Å². The summed E-state index contributed by atoms with van der Waals surface area (Å²) in [7, 11) is 0. The lowest BCUT2D eigenvalue weighted by Crippen LogP contribution is -2.27. The standard InChI is InChI=1S/C23H34O4/c24-20(25)22(16-10-11-17-22)14-8-6-4-2-1-3-5-7-9-15-23(21(26)27)18-12-13-19-23/h1-2,10-13H,3-9,14-19H2,(H,24,25)(H,26,27). The molecule has 4 nitrogen and oxygen atoms in total. The fourth-order valence-electron chi connectivity index (χ4n) is 4.24. The van der Waals surface area contributed by atoms with Crippen LogP contribution in [-0.4, -0.2) is 22.2 Å². The summed E-state index contributed by atoms with van der Waals surface area (Å²) < 4.78 is 0. The van der Waals surface area contributed by atoms with Crippen LogP contribution in [0.3, 0.4) is 0 Å². The van der Waals surface area contributed by atoms with Crippen molar-refractivity contribution in [2.75, 3.05) is 0 Å². The van der Waals surface area contributed by atoms with Gasteiger partial charge < -0.3 is 10.2 Å². The maximum absolute atomic E-state index is 11.5. The molecule has 0 fully saturated rings. The largest absolute Gasteiger partial charge is 0.481 e. The van der Waals surface area contributed by atoms with E-state index in [9.17, 15) is 19.8 Å². The van der Waals surface area contributed by atoms with Gasteiger partial charge in [-0.2, -0.15) is 0 Å². The number of hydrogen-bond acceptors (Lipinski definition) is 2. The second kappa shape index (κ2) is 10.5. The first-order valence-electron chi connectivity index (χ1n) is 10.4. The lowest BCUT2D eigenvalue weighted by Gasteiger charge is -2.23. The molecule has 0 radical (unpaired) electrons. The van der Waals surface area contributed by atoms with Gasteiger partial charge in [0.15, 0.2) is 0 Å². The van der Waals surface area contributed by atoms with Crippen LogP contribution < -0.4 is 0 Å². The monoisotopic (exact) mass is 374 g/mol. The van der Waals surface area contributed by atoms with Gasteiger partial charge in [0.25, 0.3) is 0 Å². The predicted molar refractivity (Wildman–Crippen MR) is 108 cm³/mol. The molecule has 0 heterocycles. The Morgan fingerprint density at radius 1 is 0.667 bits per heavy atom. The average molecular weight is 375 g/mol. The molecule has 150 valence electrons. The van der Waals surface area contributed by atoms with Crippen molar-refractivity contribution in [2.45, 2.75) is 83.5 Å². The summed E-state index contributed by atoms with van der Waals surface area (Å²) in [5, 5.41) is 18.9. The van der Waals surface area contributed by atoms with Gasteiger partial charge in [0.2, 0.25) is 0 Å². The third-order valence-electron chi connectivity index (χ3n) is 6.24. The van der Waals surface area contributed by atoms with Crippen LogP contribution in [0.25, 0.3) is 0 Å². The van der Waals surface area contributed by atoms with Crippen molar-refractivity contribution < 1.29 is 19.8 Å². The Morgan fingerprint density at radius 2 is 1.04 bits per heavy atom. The Kier molecular flexibility index (Phi) is 8.33. The zero-order chi connectivity index (χ0) is 19.6. The van der Waals surface area contributed by atoms with Crippen LogP contribution in [0.4, 0.5) is 0 Å². The highest BCUT2D eigenvalue weighted by atomic mass is 16.4. The second-order valence-corrected chi connectivity index (χ2v) is 8.25. The molecule has 2 rings (SSSR count). The predicted octanol–water partition coefficient (Wildman–Crippen LogP) is 5.90. The van der Waals surface area contributed by atoms with Gasteiger partial charge in [0.05, 0.1) is 10.8 Å². The number of rotatable bonds is 13. The topological polar surface area (TPSA) is 74.6 Å². The van der Waals surface area contributed by atoms with Crippen LogP contribution in [0, 0.1) is 10.8 Å². The Balaban J connectivity index is 1.48. The van der Waals surface area contributed by atoms with Gasteiger partial charge in [-0.15, -0.1) is 0 Å². The summed E-state index contributed by atoms with van der Waals surface area (Å²) >= 11 is 0. The molecule has 2 aliphatic rings. The summed E-state index contributed by atoms with van der Waals surface area (Å²) in [5.74, 6) is -1.30. The minimum Gasteiger partial charge on any atom is -0.481 e. The van der Waals surface area contributed by atoms with Gasteiger partial charge in [-0.05, 0) is 64.2 Å². The number of unbranched alkanes of at least 4 members (excludes halogenated alkanes) is 5. The van der Waals surface area contributed by atoms with Crippen molar-refractivity contribution in [3.8, 4) is 0 Å². The van der Waals surface area contributed by atoms with E-state index in [1.165, 1.54) is 0 Å². The molecule has 0 unspecified atom stereocenters. The van der Waals surface area contributed by atoms with E-state index in [2.05, 4.69) is 12.2 Å². The zero-order valence-electron chi connectivity index (χ0n) is 16.4. The number of carboxylic acids is 2. The first-order chi connectivity index (χ1) is 13.0. The van der Waals surface area contributed by atoms with Crippen molar-refractivity contribution in [1.29, 1.82) is 0 Å². The fourth-order valence-corrected chi connectivity index (χ4v) is 4.24.